The molecule has 0 saturated carbocycles. The molecule has 0 aromatic rings. The lowest BCUT2D eigenvalue weighted by atomic mass is 10.2. The Morgan fingerprint density at radius 1 is 1.59 bits per heavy atom. The molecule has 1 rings (SSSR count). The lowest BCUT2D eigenvalue weighted by Crippen LogP contribution is -2.51. The van der Waals surface area contributed by atoms with Gasteiger partial charge in [-0.1, -0.05) is 26.1 Å². The van der Waals surface area contributed by atoms with E-state index in [0.717, 1.165) is 6.42 Å². The van der Waals surface area contributed by atoms with E-state index in [1.54, 1.807) is 6.92 Å². The summed E-state index contributed by atoms with van der Waals surface area (Å²) in [7, 11) is -3.43. The summed E-state index contributed by atoms with van der Waals surface area (Å²) in [5.74, 6) is 0. The van der Waals surface area contributed by atoms with Crippen molar-refractivity contribution in [2.75, 3.05) is 19.7 Å². The van der Waals surface area contributed by atoms with Crippen LogP contribution in [0.25, 0.3) is 0 Å². The zero-order valence-electron chi connectivity index (χ0n) is 10.3. The predicted molar refractivity (Wildman–Crippen MR) is 71.4 cm³/mol. The third-order valence-electron chi connectivity index (χ3n) is 2.96. The highest BCUT2D eigenvalue weighted by atomic mass is 32.2. The van der Waals surface area contributed by atoms with Crippen molar-refractivity contribution in [3.8, 4) is 0 Å². The molecule has 2 N–H and O–H groups in total. The van der Waals surface area contributed by atoms with Gasteiger partial charge in [0.25, 0.3) is 0 Å². The molecule has 0 spiro atoms. The lowest BCUT2D eigenvalue weighted by Gasteiger charge is -2.33. The van der Waals surface area contributed by atoms with Crippen LogP contribution in [-0.2, 0) is 14.8 Å². The standard InChI is InChI=1S/C10H20N2O3S2/c1-3-8-7-12(5-6-15-8)17(13,14)9(4-2)10(11)16/h8-9H,3-7H2,1-2H3,(H2,11,16). The number of ether oxygens (including phenoxy) is 1. The van der Waals surface area contributed by atoms with Crippen molar-refractivity contribution in [1.82, 2.24) is 4.31 Å². The third-order valence-corrected chi connectivity index (χ3v) is 5.76. The second-order valence-corrected chi connectivity index (χ2v) is 6.69. The molecule has 0 aromatic carbocycles. The first-order valence-electron chi connectivity index (χ1n) is 5.83. The molecule has 1 saturated heterocycles. The highest BCUT2D eigenvalue weighted by molar-refractivity contribution is 7.92. The van der Waals surface area contributed by atoms with Gasteiger partial charge in [0.05, 0.1) is 17.7 Å². The first-order chi connectivity index (χ1) is 7.93. The smallest absolute Gasteiger partial charge is 0.223 e. The van der Waals surface area contributed by atoms with Gasteiger partial charge in [-0.3, -0.25) is 0 Å². The largest absolute Gasteiger partial charge is 0.392 e. The average Bonchev–Trinajstić information content (AvgIpc) is 2.29. The van der Waals surface area contributed by atoms with Crippen molar-refractivity contribution < 1.29 is 13.2 Å². The Labute approximate surface area is 108 Å². The van der Waals surface area contributed by atoms with Crippen molar-refractivity contribution >= 4 is 27.2 Å². The van der Waals surface area contributed by atoms with Crippen molar-refractivity contribution in [1.29, 1.82) is 0 Å². The lowest BCUT2D eigenvalue weighted by molar-refractivity contribution is -0.00290. The van der Waals surface area contributed by atoms with Gasteiger partial charge < -0.3 is 10.5 Å². The Morgan fingerprint density at radius 2 is 2.24 bits per heavy atom. The first kappa shape index (κ1) is 14.8. The Bertz CT molecular complexity index is 370. The Morgan fingerprint density at radius 3 is 2.71 bits per heavy atom. The van der Waals surface area contributed by atoms with Crippen molar-refractivity contribution in [3.63, 3.8) is 0 Å². The number of nitrogens with zero attached hydrogens (tertiary/aromatic N) is 1. The monoisotopic (exact) mass is 280 g/mol. The molecular formula is C10H20N2O3S2. The van der Waals surface area contributed by atoms with Gasteiger partial charge >= 0.3 is 0 Å². The minimum absolute atomic E-state index is 0.0256. The first-order valence-corrected chi connectivity index (χ1v) is 7.74. The molecule has 2 unspecified atom stereocenters. The van der Waals surface area contributed by atoms with Gasteiger partial charge in [-0.15, -0.1) is 0 Å². The molecule has 0 radical (unpaired) electrons. The van der Waals surface area contributed by atoms with Crippen LogP contribution in [0.5, 0.6) is 0 Å². The third kappa shape index (κ3) is 3.37. The number of sulfonamides is 1. The summed E-state index contributed by atoms with van der Waals surface area (Å²) in [6, 6.07) is 0. The molecule has 0 bridgehead atoms. The number of hydrogen-bond acceptors (Lipinski definition) is 4. The van der Waals surface area contributed by atoms with E-state index in [1.807, 2.05) is 6.92 Å². The molecule has 5 nitrogen and oxygen atoms in total. The normalized spacial score (nSPS) is 24.5. The minimum Gasteiger partial charge on any atom is -0.392 e. The molecule has 0 aliphatic carbocycles. The zero-order valence-corrected chi connectivity index (χ0v) is 11.9. The highest BCUT2D eigenvalue weighted by Gasteiger charge is 2.35. The second kappa shape index (κ2) is 6.08. The fraction of sp³-hybridized carbons (Fsp3) is 0.900. The fourth-order valence-corrected chi connectivity index (χ4v) is 4.22. The second-order valence-electron chi connectivity index (χ2n) is 4.10. The van der Waals surface area contributed by atoms with Crippen molar-refractivity contribution in [2.45, 2.75) is 38.0 Å². The molecule has 1 heterocycles. The molecule has 0 aromatic heterocycles. The van der Waals surface area contributed by atoms with Crippen LogP contribution in [-0.4, -0.2) is 48.8 Å². The topological polar surface area (TPSA) is 72.6 Å². The summed E-state index contributed by atoms with van der Waals surface area (Å²) in [6.45, 7) is 4.98. The van der Waals surface area contributed by atoms with Crippen LogP contribution < -0.4 is 5.73 Å². The van der Waals surface area contributed by atoms with E-state index >= 15 is 0 Å². The van der Waals surface area contributed by atoms with Crippen molar-refractivity contribution in [2.24, 2.45) is 5.73 Å². The van der Waals surface area contributed by atoms with E-state index in [2.05, 4.69) is 0 Å². The Hall–Kier alpha value is -0.240. The molecule has 7 heteroatoms. The highest BCUT2D eigenvalue weighted by Crippen LogP contribution is 2.18. The van der Waals surface area contributed by atoms with Gasteiger partial charge in [0.2, 0.25) is 10.0 Å². The van der Waals surface area contributed by atoms with Crippen LogP contribution in [0.15, 0.2) is 0 Å². The zero-order chi connectivity index (χ0) is 13.1. The van der Waals surface area contributed by atoms with Gasteiger partial charge in [0, 0.05) is 13.1 Å². The number of nitrogens with two attached hydrogens (primary N) is 1. The molecule has 17 heavy (non-hydrogen) atoms. The van der Waals surface area contributed by atoms with E-state index in [0.29, 0.717) is 26.1 Å². The van der Waals surface area contributed by atoms with E-state index in [1.165, 1.54) is 4.31 Å². The molecular weight excluding hydrogens is 260 g/mol. The van der Waals surface area contributed by atoms with E-state index in [4.69, 9.17) is 22.7 Å². The summed E-state index contributed by atoms with van der Waals surface area (Å²) in [5.41, 5.74) is 5.50. The molecule has 1 aliphatic heterocycles. The maximum Gasteiger partial charge on any atom is 0.223 e. The molecule has 2 atom stereocenters. The maximum atomic E-state index is 12.3. The molecule has 1 fully saturated rings. The van der Waals surface area contributed by atoms with E-state index < -0.39 is 15.3 Å². The molecule has 0 amide bonds. The summed E-state index contributed by atoms with van der Waals surface area (Å²) in [6.07, 6.45) is 1.18. The number of thiocarbonyl (C=S) groups is 1. The SMILES string of the molecule is CCC1CN(S(=O)(=O)C(CC)C(N)=S)CCO1. The van der Waals surface area contributed by atoms with E-state index in [-0.39, 0.29) is 11.1 Å². The van der Waals surface area contributed by atoms with Crippen LogP contribution >= 0.6 is 12.2 Å². The number of morpholine rings is 1. The summed E-state index contributed by atoms with van der Waals surface area (Å²) in [5, 5.41) is -0.756. The Balaban J connectivity index is 2.85. The number of rotatable bonds is 5. The van der Waals surface area contributed by atoms with Crippen LogP contribution in [0.1, 0.15) is 26.7 Å². The fourth-order valence-electron chi connectivity index (χ4n) is 1.91. The van der Waals surface area contributed by atoms with Gasteiger partial charge in [0.15, 0.2) is 0 Å². The van der Waals surface area contributed by atoms with Gasteiger partial charge in [-0.25, -0.2) is 8.42 Å². The van der Waals surface area contributed by atoms with Crippen LogP contribution in [0.3, 0.4) is 0 Å². The summed E-state index contributed by atoms with van der Waals surface area (Å²) >= 11 is 4.83. The maximum absolute atomic E-state index is 12.3. The van der Waals surface area contributed by atoms with Gasteiger partial charge in [0.1, 0.15) is 5.25 Å². The van der Waals surface area contributed by atoms with E-state index in [9.17, 15) is 8.42 Å². The number of hydrogen-bond donors (Lipinski definition) is 1. The van der Waals surface area contributed by atoms with Crippen molar-refractivity contribution in [3.05, 3.63) is 0 Å². The summed E-state index contributed by atoms with van der Waals surface area (Å²) in [4.78, 5) is 0.0482. The summed E-state index contributed by atoms with van der Waals surface area (Å²) < 4.78 is 31.6. The quantitative estimate of drug-likeness (QED) is 0.742. The van der Waals surface area contributed by atoms with Crippen LogP contribution in [0.2, 0.25) is 0 Å². The minimum atomic E-state index is -3.43. The predicted octanol–water partition coefficient (Wildman–Crippen LogP) is 0.492. The van der Waals surface area contributed by atoms with Gasteiger partial charge in [-0.05, 0) is 12.8 Å². The van der Waals surface area contributed by atoms with Crippen LogP contribution in [0.4, 0.5) is 0 Å². The molecule has 1 aliphatic rings. The average molecular weight is 280 g/mol. The Kier molecular flexibility index (Phi) is 5.30. The van der Waals surface area contributed by atoms with Gasteiger partial charge in [-0.2, -0.15) is 4.31 Å². The molecule has 100 valence electrons. The van der Waals surface area contributed by atoms with Crippen LogP contribution in [0, 0.1) is 0 Å².